The van der Waals surface area contributed by atoms with Crippen LogP contribution in [0.5, 0.6) is 17.2 Å². The third-order valence-electron chi connectivity index (χ3n) is 3.01. The zero-order chi connectivity index (χ0) is 14.5. The summed E-state index contributed by atoms with van der Waals surface area (Å²) < 4.78 is 11.3. The van der Waals surface area contributed by atoms with Crippen molar-refractivity contribution in [3.05, 3.63) is 54.6 Å². The fraction of sp³-hybridized carbons (Fsp3) is 0.188. The number of hydrogen-bond donors (Lipinski definition) is 1. The first-order valence-corrected chi connectivity index (χ1v) is 6.70. The Morgan fingerprint density at radius 3 is 2.62 bits per heavy atom. The summed E-state index contributed by atoms with van der Waals surface area (Å²) >= 11 is 0. The Hall–Kier alpha value is -2.69. The molecule has 2 aromatic carbocycles. The molecular formula is C16H15NO4. The van der Waals surface area contributed by atoms with Gasteiger partial charge in [-0.1, -0.05) is 30.3 Å². The highest BCUT2D eigenvalue weighted by molar-refractivity contribution is 5.75. The Morgan fingerprint density at radius 2 is 1.81 bits per heavy atom. The number of hydrogen-bond acceptors (Lipinski definition) is 4. The molecule has 5 heteroatoms. The maximum Gasteiger partial charge on any atom is 0.256 e. The van der Waals surface area contributed by atoms with Crippen LogP contribution in [0.1, 0.15) is 6.42 Å². The summed E-state index contributed by atoms with van der Waals surface area (Å²) in [6.07, 6.45) is -0.152. The highest BCUT2D eigenvalue weighted by Gasteiger charge is 2.23. The highest BCUT2D eigenvalue weighted by Crippen LogP contribution is 2.31. The lowest BCUT2D eigenvalue weighted by molar-refractivity contribution is -0.130. The standard InChI is InChI=1S/C16H15NO4/c18-16(17-21-12-6-2-1-3-7-12)10-13-11-19-14-8-4-5-9-15(14)20-13/h1-9,13H,10-11H2,(H,17,18). The lowest BCUT2D eigenvalue weighted by Crippen LogP contribution is -2.36. The average molecular weight is 285 g/mol. The third kappa shape index (κ3) is 3.45. The van der Waals surface area contributed by atoms with Crippen molar-refractivity contribution in [2.24, 2.45) is 0 Å². The van der Waals surface area contributed by atoms with Crippen molar-refractivity contribution < 1.29 is 19.1 Å². The van der Waals surface area contributed by atoms with E-state index in [0.29, 0.717) is 23.9 Å². The number of carbonyl (C=O) groups is 1. The van der Waals surface area contributed by atoms with Gasteiger partial charge in [0.1, 0.15) is 12.7 Å². The number of carbonyl (C=O) groups excluding carboxylic acids is 1. The maximum atomic E-state index is 11.8. The number of amides is 1. The molecule has 0 saturated heterocycles. The van der Waals surface area contributed by atoms with Crippen molar-refractivity contribution in [2.75, 3.05) is 6.61 Å². The summed E-state index contributed by atoms with van der Waals surface area (Å²) in [5, 5.41) is 0. The Balaban J connectivity index is 1.50. The second-order valence-corrected chi connectivity index (χ2v) is 4.64. The van der Waals surface area contributed by atoms with Crippen LogP contribution in [0.4, 0.5) is 0 Å². The van der Waals surface area contributed by atoms with E-state index in [2.05, 4.69) is 5.48 Å². The van der Waals surface area contributed by atoms with Crippen LogP contribution in [0.25, 0.3) is 0 Å². The summed E-state index contributed by atoms with van der Waals surface area (Å²) in [4.78, 5) is 17.0. The molecule has 0 saturated carbocycles. The van der Waals surface area contributed by atoms with Crippen molar-refractivity contribution in [3.8, 4) is 17.2 Å². The van der Waals surface area contributed by atoms with Gasteiger partial charge in [0, 0.05) is 0 Å². The van der Waals surface area contributed by atoms with Gasteiger partial charge in [-0.3, -0.25) is 4.79 Å². The average Bonchev–Trinajstić information content (AvgIpc) is 2.54. The molecule has 0 bridgehead atoms. The molecule has 0 radical (unpaired) electrons. The molecule has 1 aliphatic heterocycles. The van der Waals surface area contributed by atoms with E-state index in [9.17, 15) is 4.79 Å². The van der Waals surface area contributed by atoms with E-state index in [0.717, 1.165) is 0 Å². The SMILES string of the molecule is O=C(CC1COc2ccccc2O1)NOc1ccccc1. The van der Waals surface area contributed by atoms with Crippen LogP contribution in [0.2, 0.25) is 0 Å². The number of hydroxylamine groups is 1. The molecule has 1 unspecified atom stereocenters. The predicted molar refractivity (Wildman–Crippen MR) is 76.2 cm³/mol. The molecule has 21 heavy (non-hydrogen) atoms. The molecule has 108 valence electrons. The lowest BCUT2D eigenvalue weighted by Gasteiger charge is -2.25. The van der Waals surface area contributed by atoms with Gasteiger partial charge in [-0.25, -0.2) is 0 Å². The third-order valence-corrected chi connectivity index (χ3v) is 3.01. The van der Waals surface area contributed by atoms with Crippen LogP contribution in [0.3, 0.4) is 0 Å². The van der Waals surface area contributed by atoms with Crippen molar-refractivity contribution in [1.82, 2.24) is 5.48 Å². The van der Waals surface area contributed by atoms with E-state index >= 15 is 0 Å². The monoisotopic (exact) mass is 285 g/mol. The number of fused-ring (bicyclic) bond motifs is 1. The Labute approximate surface area is 122 Å². The number of para-hydroxylation sites is 3. The van der Waals surface area contributed by atoms with E-state index in [-0.39, 0.29) is 18.4 Å². The van der Waals surface area contributed by atoms with E-state index in [1.165, 1.54) is 0 Å². The largest absolute Gasteiger partial charge is 0.486 e. The summed E-state index contributed by atoms with van der Waals surface area (Å²) in [5.41, 5.74) is 2.40. The van der Waals surface area contributed by atoms with E-state index in [1.807, 2.05) is 42.5 Å². The summed E-state index contributed by atoms with van der Waals surface area (Å²) in [6, 6.07) is 16.5. The fourth-order valence-electron chi connectivity index (χ4n) is 2.02. The first-order chi connectivity index (χ1) is 10.3. The van der Waals surface area contributed by atoms with E-state index < -0.39 is 0 Å². The van der Waals surface area contributed by atoms with Crippen LogP contribution in [-0.2, 0) is 4.79 Å². The van der Waals surface area contributed by atoms with Gasteiger partial charge in [-0.05, 0) is 24.3 Å². The molecule has 1 N–H and O–H groups in total. The van der Waals surface area contributed by atoms with Crippen LogP contribution in [-0.4, -0.2) is 18.6 Å². The lowest BCUT2D eigenvalue weighted by atomic mass is 10.2. The normalized spacial score (nSPS) is 16.1. The van der Waals surface area contributed by atoms with Crippen LogP contribution >= 0.6 is 0 Å². The van der Waals surface area contributed by atoms with Crippen molar-refractivity contribution >= 4 is 5.91 Å². The topological polar surface area (TPSA) is 56.8 Å². The van der Waals surface area contributed by atoms with Gasteiger partial charge in [-0.15, -0.1) is 0 Å². The number of rotatable bonds is 4. The zero-order valence-electron chi connectivity index (χ0n) is 11.3. The van der Waals surface area contributed by atoms with Crippen molar-refractivity contribution in [3.63, 3.8) is 0 Å². The minimum Gasteiger partial charge on any atom is -0.486 e. The molecule has 1 aliphatic rings. The molecule has 0 spiro atoms. The number of ether oxygens (including phenoxy) is 2. The summed E-state index contributed by atoms with van der Waals surface area (Å²) in [6.45, 7) is 0.343. The number of benzene rings is 2. The van der Waals surface area contributed by atoms with Crippen LogP contribution in [0, 0.1) is 0 Å². The van der Waals surface area contributed by atoms with Gasteiger partial charge in [-0.2, -0.15) is 5.48 Å². The fourth-order valence-corrected chi connectivity index (χ4v) is 2.02. The molecule has 3 rings (SSSR count). The molecule has 0 fully saturated rings. The molecule has 0 aliphatic carbocycles. The molecular weight excluding hydrogens is 270 g/mol. The maximum absolute atomic E-state index is 11.8. The van der Waals surface area contributed by atoms with Crippen LogP contribution < -0.4 is 19.8 Å². The molecule has 1 atom stereocenters. The van der Waals surface area contributed by atoms with Crippen molar-refractivity contribution in [1.29, 1.82) is 0 Å². The minimum absolute atomic E-state index is 0.168. The van der Waals surface area contributed by atoms with Gasteiger partial charge < -0.3 is 14.3 Å². The molecule has 2 aromatic rings. The molecule has 1 amide bonds. The van der Waals surface area contributed by atoms with Gasteiger partial charge >= 0.3 is 0 Å². The Kier molecular flexibility index (Phi) is 3.91. The van der Waals surface area contributed by atoms with Gasteiger partial charge in [0.15, 0.2) is 17.2 Å². The number of nitrogens with one attached hydrogen (secondary N) is 1. The first-order valence-electron chi connectivity index (χ1n) is 6.70. The Bertz CT molecular complexity index is 615. The van der Waals surface area contributed by atoms with E-state index in [1.54, 1.807) is 12.1 Å². The second-order valence-electron chi connectivity index (χ2n) is 4.64. The van der Waals surface area contributed by atoms with Crippen LogP contribution in [0.15, 0.2) is 54.6 Å². The highest BCUT2D eigenvalue weighted by atomic mass is 16.7. The Morgan fingerprint density at radius 1 is 1.10 bits per heavy atom. The quantitative estimate of drug-likeness (QED) is 0.876. The van der Waals surface area contributed by atoms with E-state index in [4.69, 9.17) is 14.3 Å². The summed E-state index contributed by atoms with van der Waals surface area (Å²) in [5.74, 6) is 1.68. The molecule has 5 nitrogen and oxygen atoms in total. The summed E-state index contributed by atoms with van der Waals surface area (Å²) in [7, 11) is 0. The predicted octanol–water partition coefficient (Wildman–Crippen LogP) is 2.33. The zero-order valence-corrected chi connectivity index (χ0v) is 11.3. The van der Waals surface area contributed by atoms with Crippen molar-refractivity contribution in [2.45, 2.75) is 12.5 Å². The minimum atomic E-state index is -0.320. The van der Waals surface area contributed by atoms with Gasteiger partial charge in [0.25, 0.3) is 5.91 Å². The molecule has 0 aromatic heterocycles. The second kappa shape index (κ2) is 6.17. The first kappa shape index (κ1) is 13.3. The van der Waals surface area contributed by atoms with Gasteiger partial charge in [0.05, 0.1) is 6.42 Å². The smallest absolute Gasteiger partial charge is 0.256 e. The molecule has 1 heterocycles. The van der Waals surface area contributed by atoms with Gasteiger partial charge in [0.2, 0.25) is 0 Å².